The predicted octanol–water partition coefficient (Wildman–Crippen LogP) is 3.32. The number of aromatic nitrogens is 4. The van der Waals surface area contributed by atoms with Crippen molar-refractivity contribution in [3.05, 3.63) is 35.5 Å². The van der Waals surface area contributed by atoms with Crippen LogP contribution in [0.3, 0.4) is 0 Å². The highest BCUT2D eigenvalue weighted by atomic mass is 15.3. The van der Waals surface area contributed by atoms with Crippen molar-refractivity contribution in [1.29, 1.82) is 0 Å². The lowest BCUT2D eigenvalue weighted by Crippen LogP contribution is -2.21. The third-order valence-corrected chi connectivity index (χ3v) is 4.60. The number of benzene rings is 1. The highest BCUT2D eigenvalue weighted by molar-refractivity contribution is 5.89. The van der Waals surface area contributed by atoms with Crippen LogP contribution in [-0.4, -0.2) is 32.8 Å². The molecule has 124 valence electrons. The van der Waals surface area contributed by atoms with Crippen molar-refractivity contribution in [2.24, 2.45) is 7.05 Å². The summed E-state index contributed by atoms with van der Waals surface area (Å²) in [5.74, 6) is 1.61. The fourth-order valence-corrected chi connectivity index (χ4v) is 3.25. The van der Waals surface area contributed by atoms with Gasteiger partial charge in [0.25, 0.3) is 0 Å². The van der Waals surface area contributed by atoms with Gasteiger partial charge in [-0.3, -0.25) is 4.68 Å². The highest BCUT2D eigenvalue weighted by Crippen LogP contribution is 2.28. The fourth-order valence-electron chi connectivity index (χ4n) is 3.25. The summed E-state index contributed by atoms with van der Waals surface area (Å²) in [6, 6.07) is 6.38. The molecule has 6 heteroatoms. The van der Waals surface area contributed by atoms with Crippen LogP contribution in [0, 0.1) is 13.8 Å². The minimum absolute atomic E-state index is 0.788. The predicted molar refractivity (Wildman–Crippen MR) is 96.9 cm³/mol. The summed E-state index contributed by atoms with van der Waals surface area (Å²) in [6.45, 7) is 6.25. The molecule has 1 N–H and O–H groups in total. The molecule has 6 nitrogen and oxygen atoms in total. The molecule has 2 aromatic heterocycles. The van der Waals surface area contributed by atoms with Crippen molar-refractivity contribution in [3.8, 4) is 0 Å². The minimum atomic E-state index is 0.788. The molecule has 1 aromatic carbocycles. The van der Waals surface area contributed by atoms with Gasteiger partial charge < -0.3 is 10.2 Å². The van der Waals surface area contributed by atoms with E-state index in [2.05, 4.69) is 47.4 Å². The van der Waals surface area contributed by atoms with E-state index in [-0.39, 0.29) is 0 Å². The summed E-state index contributed by atoms with van der Waals surface area (Å²) >= 11 is 0. The van der Waals surface area contributed by atoms with E-state index in [1.807, 2.05) is 17.9 Å². The molecule has 0 bridgehead atoms. The zero-order valence-electron chi connectivity index (χ0n) is 14.4. The molecule has 3 heterocycles. The van der Waals surface area contributed by atoms with Gasteiger partial charge in [0.1, 0.15) is 5.82 Å². The third kappa shape index (κ3) is 2.58. The van der Waals surface area contributed by atoms with Crippen LogP contribution >= 0.6 is 0 Å². The number of nitrogens with one attached hydrogen (secondary N) is 1. The zero-order chi connectivity index (χ0) is 16.7. The van der Waals surface area contributed by atoms with Crippen LogP contribution in [-0.2, 0) is 7.05 Å². The lowest BCUT2D eigenvalue weighted by molar-refractivity contribution is 0.782. The van der Waals surface area contributed by atoms with E-state index >= 15 is 0 Å². The number of anilines is 3. The van der Waals surface area contributed by atoms with Crippen LogP contribution < -0.4 is 10.2 Å². The van der Waals surface area contributed by atoms with E-state index in [1.54, 1.807) is 0 Å². The number of aryl methyl sites for hydroxylation is 3. The molecule has 0 aliphatic carbocycles. The first kappa shape index (κ1) is 14.9. The van der Waals surface area contributed by atoms with Crippen molar-refractivity contribution < 1.29 is 0 Å². The van der Waals surface area contributed by atoms with Crippen LogP contribution in [0.5, 0.6) is 0 Å². The van der Waals surface area contributed by atoms with Crippen molar-refractivity contribution in [1.82, 2.24) is 19.7 Å². The minimum Gasteiger partial charge on any atom is -0.341 e. The molecule has 1 fully saturated rings. The second kappa shape index (κ2) is 5.78. The Morgan fingerprint density at radius 2 is 1.88 bits per heavy atom. The normalized spacial score (nSPS) is 14.5. The van der Waals surface area contributed by atoms with Gasteiger partial charge >= 0.3 is 0 Å². The molecule has 0 atom stereocenters. The van der Waals surface area contributed by atoms with E-state index in [4.69, 9.17) is 9.97 Å². The maximum Gasteiger partial charge on any atom is 0.229 e. The molecule has 0 radical (unpaired) electrons. The Bertz CT molecular complexity index is 892. The topological polar surface area (TPSA) is 58.9 Å². The Morgan fingerprint density at radius 1 is 1.08 bits per heavy atom. The number of hydrogen-bond acceptors (Lipinski definition) is 5. The monoisotopic (exact) mass is 322 g/mol. The molecule has 24 heavy (non-hydrogen) atoms. The maximum absolute atomic E-state index is 4.81. The quantitative estimate of drug-likeness (QED) is 0.801. The largest absolute Gasteiger partial charge is 0.341 e. The molecule has 4 rings (SSSR count). The molecule has 1 aliphatic heterocycles. The summed E-state index contributed by atoms with van der Waals surface area (Å²) in [5, 5.41) is 8.79. The second-order valence-electron chi connectivity index (χ2n) is 6.52. The molecule has 1 aliphatic rings. The standard InChI is InChI=1S/C18H22N6/c1-12-6-7-15(13(2)10-12)20-16-14-11-19-23(3)17(14)22-18(21-16)24-8-4-5-9-24/h6-7,10-11H,4-5,8-9H2,1-3H3,(H,20,21,22). The number of hydrogen-bond donors (Lipinski definition) is 1. The lowest BCUT2D eigenvalue weighted by Gasteiger charge is -2.17. The van der Waals surface area contributed by atoms with Crippen molar-refractivity contribution in [3.63, 3.8) is 0 Å². The van der Waals surface area contributed by atoms with Gasteiger partial charge in [-0.1, -0.05) is 17.7 Å². The number of rotatable bonds is 3. The van der Waals surface area contributed by atoms with Crippen LogP contribution in [0.15, 0.2) is 24.4 Å². The Kier molecular flexibility index (Phi) is 3.59. The van der Waals surface area contributed by atoms with Crippen molar-refractivity contribution in [2.45, 2.75) is 26.7 Å². The molecule has 0 unspecified atom stereocenters. The summed E-state index contributed by atoms with van der Waals surface area (Å²) in [7, 11) is 1.92. The molecule has 0 saturated carbocycles. The van der Waals surface area contributed by atoms with E-state index in [0.717, 1.165) is 41.6 Å². The van der Waals surface area contributed by atoms with E-state index in [9.17, 15) is 0 Å². The summed E-state index contributed by atoms with van der Waals surface area (Å²) in [6.07, 6.45) is 4.23. The van der Waals surface area contributed by atoms with Gasteiger partial charge in [-0.15, -0.1) is 0 Å². The van der Waals surface area contributed by atoms with Crippen LogP contribution in [0.2, 0.25) is 0 Å². The first-order valence-electron chi connectivity index (χ1n) is 8.41. The lowest BCUT2D eigenvalue weighted by atomic mass is 10.1. The molecular weight excluding hydrogens is 300 g/mol. The molecule has 0 spiro atoms. The van der Waals surface area contributed by atoms with Crippen molar-refractivity contribution >= 4 is 28.5 Å². The Morgan fingerprint density at radius 3 is 2.62 bits per heavy atom. The highest BCUT2D eigenvalue weighted by Gasteiger charge is 2.19. The van der Waals surface area contributed by atoms with Crippen LogP contribution in [0.4, 0.5) is 17.5 Å². The first-order chi connectivity index (χ1) is 11.6. The first-order valence-corrected chi connectivity index (χ1v) is 8.41. The fraction of sp³-hybridized carbons (Fsp3) is 0.389. The summed E-state index contributed by atoms with van der Waals surface area (Å²) in [4.78, 5) is 11.8. The van der Waals surface area contributed by atoms with Gasteiger partial charge in [0, 0.05) is 25.8 Å². The zero-order valence-corrected chi connectivity index (χ0v) is 14.4. The van der Waals surface area contributed by atoms with E-state index in [0.29, 0.717) is 0 Å². The smallest absolute Gasteiger partial charge is 0.229 e. The van der Waals surface area contributed by atoms with Gasteiger partial charge in [-0.2, -0.15) is 15.1 Å². The summed E-state index contributed by atoms with van der Waals surface area (Å²) < 4.78 is 1.81. The van der Waals surface area contributed by atoms with Gasteiger partial charge in [0.15, 0.2) is 5.65 Å². The average molecular weight is 322 g/mol. The Hall–Kier alpha value is -2.63. The van der Waals surface area contributed by atoms with Crippen molar-refractivity contribution in [2.75, 3.05) is 23.3 Å². The van der Waals surface area contributed by atoms with E-state index in [1.165, 1.54) is 24.0 Å². The summed E-state index contributed by atoms with van der Waals surface area (Å²) in [5.41, 5.74) is 4.38. The van der Waals surface area contributed by atoms with E-state index < -0.39 is 0 Å². The van der Waals surface area contributed by atoms with Crippen LogP contribution in [0.1, 0.15) is 24.0 Å². The Labute approximate surface area is 141 Å². The van der Waals surface area contributed by atoms with Gasteiger partial charge in [-0.05, 0) is 38.3 Å². The average Bonchev–Trinajstić information content (AvgIpc) is 3.20. The molecular formula is C18H22N6. The number of fused-ring (bicyclic) bond motifs is 1. The molecule has 1 saturated heterocycles. The second-order valence-corrected chi connectivity index (χ2v) is 6.52. The van der Waals surface area contributed by atoms with Crippen LogP contribution in [0.25, 0.3) is 11.0 Å². The number of nitrogens with zero attached hydrogens (tertiary/aromatic N) is 5. The molecule has 3 aromatic rings. The molecule has 0 amide bonds. The van der Waals surface area contributed by atoms with Gasteiger partial charge in [-0.25, -0.2) is 0 Å². The third-order valence-electron chi connectivity index (χ3n) is 4.60. The van der Waals surface area contributed by atoms with Gasteiger partial charge in [0.05, 0.1) is 11.6 Å². The van der Waals surface area contributed by atoms with Gasteiger partial charge in [0.2, 0.25) is 5.95 Å². The SMILES string of the molecule is Cc1ccc(Nc2nc(N3CCCC3)nc3c2cnn3C)c(C)c1. The Balaban J connectivity index is 1.80. The maximum atomic E-state index is 4.81.